The van der Waals surface area contributed by atoms with Crippen LogP contribution < -0.4 is 0 Å². The number of ketones is 1. The molecule has 116 valence electrons. The summed E-state index contributed by atoms with van der Waals surface area (Å²) >= 11 is 0. The molecule has 0 aromatic heterocycles. The van der Waals surface area contributed by atoms with Gasteiger partial charge in [-0.25, -0.2) is 0 Å². The van der Waals surface area contributed by atoms with E-state index in [1.807, 2.05) is 0 Å². The van der Waals surface area contributed by atoms with Gasteiger partial charge in [-0.1, -0.05) is 48.9 Å². The number of carbonyl (C=O) groups excluding carboxylic acids is 1. The number of aliphatic hydroxyl groups is 1. The van der Waals surface area contributed by atoms with E-state index >= 15 is 0 Å². The molecule has 0 amide bonds. The van der Waals surface area contributed by atoms with Gasteiger partial charge >= 0.3 is 0 Å². The smallest absolute Gasteiger partial charge is 0.158 e. The van der Waals surface area contributed by atoms with Crippen LogP contribution in [0.1, 0.15) is 64.7 Å². The van der Waals surface area contributed by atoms with Crippen LogP contribution in [0.2, 0.25) is 0 Å². The Morgan fingerprint density at radius 1 is 0.773 bits per heavy atom. The summed E-state index contributed by atoms with van der Waals surface area (Å²) in [6, 6.07) is 0. The minimum absolute atomic E-state index is 0.129. The fourth-order valence-electron chi connectivity index (χ4n) is 1.40. The van der Waals surface area contributed by atoms with Gasteiger partial charge in [0.25, 0.3) is 0 Å². The molecule has 0 aliphatic carbocycles. The van der Waals surface area contributed by atoms with Gasteiger partial charge in [-0.05, 0) is 12.8 Å². The van der Waals surface area contributed by atoms with Crippen LogP contribution in [0, 0.1) is 47.4 Å². The Balaban J connectivity index is 3.61. The monoisotopic (exact) mass is 296 g/mol. The molecule has 0 rings (SSSR count). The molecule has 22 heavy (non-hydrogen) atoms. The predicted octanol–water partition coefficient (Wildman–Crippen LogP) is 3.09. The van der Waals surface area contributed by atoms with Crippen LogP contribution in [0.3, 0.4) is 0 Å². The minimum atomic E-state index is -0.371. The number of unbranched alkanes of at least 4 members (excludes halogenated alkanes) is 3. The van der Waals surface area contributed by atoms with Crippen molar-refractivity contribution in [2.24, 2.45) is 0 Å². The molecule has 0 fully saturated rings. The largest absolute Gasteiger partial charge is 0.389 e. The van der Waals surface area contributed by atoms with Crippen molar-refractivity contribution in [1.29, 1.82) is 0 Å². The molecule has 0 saturated heterocycles. The Morgan fingerprint density at radius 2 is 1.23 bits per heavy atom. The van der Waals surface area contributed by atoms with E-state index in [0.29, 0.717) is 38.5 Å². The molecule has 0 aliphatic rings. The zero-order valence-electron chi connectivity index (χ0n) is 13.4. The zero-order valence-corrected chi connectivity index (χ0v) is 13.4. The lowest BCUT2D eigenvalue weighted by Gasteiger charge is -1.91. The Hall–Kier alpha value is -2.13. The van der Waals surface area contributed by atoms with Crippen molar-refractivity contribution in [3.8, 4) is 47.4 Å². The van der Waals surface area contributed by atoms with Crippen molar-refractivity contribution in [3.05, 3.63) is 0 Å². The Labute approximate surface area is 135 Å². The average molecular weight is 296 g/mol. The molecule has 0 spiro atoms. The lowest BCUT2D eigenvalue weighted by molar-refractivity contribution is -0.121. The molecule has 0 aromatic carbocycles. The molecule has 0 unspecified atom stereocenters. The molecule has 1 N–H and O–H groups in total. The quantitative estimate of drug-likeness (QED) is 0.604. The number of carbonyl (C=O) groups is 1. The van der Waals surface area contributed by atoms with Gasteiger partial charge in [0.2, 0.25) is 0 Å². The number of Topliss-reactive ketones (excluding diaryl/α,β-unsaturated/α-hetero) is 1. The summed E-state index contributed by atoms with van der Waals surface area (Å²) in [5.41, 5.74) is 0. The van der Waals surface area contributed by atoms with Crippen molar-refractivity contribution >= 4 is 5.78 Å². The molecular formula is C20H24O2. The summed E-state index contributed by atoms with van der Waals surface area (Å²) in [6.07, 6.45) is 6.78. The molecule has 0 saturated carbocycles. The molecular weight excluding hydrogens is 272 g/mol. The van der Waals surface area contributed by atoms with Crippen LogP contribution >= 0.6 is 0 Å². The lowest BCUT2D eigenvalue weighted by atomic mass is 10.2. The van der Waals surface area contributed by atoms with Gasteiger partial charge in [0.15, 0.2) is 5.78 Å². The van der Waals surface area contributed by atoms with Crippen molar-refractivity contribution in [3.63, 3.8) is 0 Å². The van der Waals surface area contributed by atoms with Crippen LogP contribution in [0.5, 0.6) is 0 Å². The molecule has 0 aromatic rings. The highest BCUT2D eigenvalue weighted by Gasteiger charge is 1.96. The third-order valence-electron chi connectivity index (χ3n) is 2.62. The van der Waals surface area contributed by atoms with Crippen LogP contribution in [-0.4, -0.2) is 17.5 Å². The summed E-state index contributed by atoms with van der Waals surface area (Å²) in [6.45, 7) is 1.78. The van der Waals surface area contributed by atoms with Gasteiger partial charge in [-0.15, -0.1) is 11.8 Å². The van der Waals surface area contributed by atoms with E-state index in [2.05, 4.69) is 54.3 Å². The highest BCUT2D eigenvalue weighted by Crippen LogP contribution is 1.94. The molecule has 0 atom stereocenters. The topological polar surface area (TPSA) is 37.3 Å². The maximum Gasteiger partial charge on any atom is 0.158 e. The molecule has 2 heteroatoms. The van der Waals surface area contributed by atoms with Gasteiger partial charge in [0, 0.05) is 19.3 Å². The Bertz CT molecular complexity index is 541. The maximum absolute atomic E-state index is 10.8. The van der Waals surface area contributed by atoms with Gasteiger partial charge in [0.1, 0.15) is 6.61 Å². The van der Waals surface area contributed by atoms with Gasteiger partial charge in [0.05, 0.1) is 19.3 Å². The molecule has 0 aliphatic heterocycles. The van der Waals surface area contributed by atoms with Crippen molar-refractivity contribution in [2.45, 2.75) is 64.7 Å². The summed E-state index contributed by atoms with van der Waals surface area (Å²) < 4.78 is 0. The number of rotatable bonds is 6. The summed E-state index contributed by atoms with van der Waals surface area (Å²) in [5.74, 6) is 23.7. The fraction of sp³-hybridized carbons (Fsp3) is 0.550. The Kier molecular flexibility index (Phi) is 15.3. The second-order valence-electron chi connectivity index (χ2n) is 4.60. The van der Waals surface area contributed by atoms with E-state index in [-0.39, 0.29) is 12.4 Å². The van der Waals surface area contributed by atoms with Crippen molar-refractivity contribution in [1.82, 2.24) is 0 Å². The molecule has 0 bridgehead atoms. The van der Waals surface area contributed by atoms with Gasteiger partial charge in [-0.3, -0.25) is 4.79 Å². The SMILES string of the molecule is CCCCC#CCC#CCC#CCC#CCCCC(=O)CO. The second-order valence-corrected chi connectivity index (χ2v) is 4.60. The third-order valence-corrected chi connectivity index (χ3v) is 2.62. The standard InChI is InChI=1S/C20H24O2/c1-2-3-4-5-6-7-8-9-10-11-12-13-14-15-16-17-18-20(22)19-21/h21H,2-4,7,10,13,16-19H2,1H3. The first-order chi connectivity index (χ1) is 10.8. The second kappa shape index (κ2) is 16.9. The van der Waals surface area contributed by atoms with E-state index in [9.17, 15) is 4.79 Å². The first-order valence-electron chi connectivity index (χ1n) is 7.76. The number of hydrogen-bond acceptors (Lipinski definition) is 2. The molecule has 0 heterocycles. The van der Waals surface area contributed by atoms with Gasteiger partial charge in [-0.2, -0.15) is 0 Å². The van der Waals surface area contributed by atoms with Crippen LogP contribution in [0.15, 0.2) is 0 Å². The summed E-state index contributed by atoms with van der Waals surface area (Å²) in [5, 5.41) is 8.54. The first-order valence-corrected chi connectivity index (χ1v) is 7.76. The van der Waals surface area contributed by atoms with Gasteiger partial charge < -0.3 is 5.11 Å². The summed E-state index contributed by atoms with van der Waals surface area (Å²) in [7, 11) is 0. The van der Waals surface area contributed by atoms with E-state index < -0.39 is 0 Å². The first kappa shape index (κ1) is 19.9. The molecule has 0 radical (unpaired) electrons. The highest BCUT2D eigenvalue weighted by atomic mass is 16.3. The maximum atomic E-state index is 10.8. The van der Waals surface area contributed by atoms with E-state index in [4.69, 9.17) is 5.11 Å². The third kappa shape index (κ3) is 15.9. The summed E-state index contributed by atoms with van der Waals surface area (Å²) in [4.78, 5) is 10.8. The number of hydrogen-bond donors (Lipinski definition) is 1. The van der Waals surface area contributed by atoms with Crippen molar-refractivity contribution in [2.75, 3.05) is 6.61 Å². The van der Waals surface area contributed by atoms with Crippen LogP contribution in [0.25, 0.3) is 0 Å². The lowest BCUT2D eigenvalue weighted by Crippen LogP contribution is -2.02. The van der Waals surface area contributed by atoms with E-state index in [1.54, 1.807) is 0 Å². The predicted molar refractivity (Wildman–Crippen MR) is 90.4 cm³/mol. The van der Waals surface area contributed by atoms with Crippen LogP contribution in [0.4, 0.5) is 0 Å². The average Bonchev–Trinajstić information content (AvgIpc) is 2.54. The highest BCUT2D eigenvalue weighted by molar-refractivity contribution is 5.79. The number of aliphatic hydroxyl groups excluding tert-OH is 1. The van der Waals surface area contributed by atoms with E-state index in [1.165, 1.54) is 6.42 Å². The van der Waals surface area contributed by atoms with Crippen LogP contribution in [-0.2, 0) is 4.79 Å². The minimum Gasteiger partial charge on any atom is -0.389 e. The van der Waals surface area contributed by atoms with E-state index in [0.717, 1.165) is 12.8 Å². The fourth-order valence-corrected chi connectivity index (χ4v) is 1.40. The Morgan fingerprint density at radius 3 is 1.68 bits per heavy atom. The normalized spacial score (nSPS) is 8.09. The zero-order chi connectivity index (χ0) is 16.3. The molecule has 2 nitrogen and oxygen atoms in total. The van der Waals surface area contributed by atoms with Crippen molar-refractivity contribution < 1.29 is 9.90 Å².